The predicted octanol–water partition coefficient (Wildman–Crippen LogP) is -3.56. The molecule has 0 aliphatic heterocycles. The van der Waals surface area contributed by atoms with Gasteiger partial charge in [0.1, 0.15) is 0 Å². The summed E-state index contributed by atoms with van der Waals surface area (Å²) in [5.74, 6) is 0. The van der Waals surface area contributed by atoms with Gasteiger partial charge in [-0.05, 0) is 0 Å². The Bertz CT molecular complexity index is 178. The van der Waals surface area contributed by atoms with E-state index in [1.807, 2.05) is 0 Å². The van der Waals surface area contributed by atoms with Gasteiger partial charge in [0.25, 0.3) is 0 Å². The van der Waals surface area contributed by atoms with E-state index in [1.54, 1.807) is 0 Å². The van der Waals surface area contributed by atoms with Crippen molar-refractivity contribution in [3.63, 3.8) is 0 Å². The molecule has 6 nitrogen and oxygen atoms in total. The molecule has 0 aromatic heterocycles. The van der Waals surface area contributed by atoms with E-state index in [0.717, 1.165) is 0 Å². The van der Waals surface area contributed by atoms with Crippen LogP contribution in [-0.4, -0.2) is 61.1 Å². The zero-order valence-corrected chi connectivity index (χ0v) is 7.79. The molecule has 0 fully saturated rings. The third-order valence-corrected chi connectivity index (χ3v) is 1.87. The van der Waals surface area contributed by atoms with E-state index in [2.05, 4.69) is 15.6 Å². The molecule has 0 aliphatic carbocycles. The third kappa shape index (κ3) is 3.80. The van der Waals surface area contributed by atoms with Crippen molar-refractivity contribution in [2.75, 3.05) is 6.54 Å². The molecule has 0 spiro atoms. The quantitative estimate of drug-likeness (QED) is 0.274. The molecule has 7 N–H and O–H groups in total. The van der Waals surface area contributed by atoms with Gasteiger partial charge >= 0.3 is 82.4 Å². The summed E-state index contributed by atoms with van der Waals surface area (Å²) in [5, 5.41) is 44.9. The summed E-state index contributed by atoms with van der Waals surface area (Å²) in [6.07, 6.45) is -6.39. The molecule has 0 saturated carbocycles. The summed E-state index contributed by atoms with van der Waals surface area (Å²) in [4.78, 5) is 0. The molecule has 4 atom stereocenters. The van der Waals surface area contributed by atoms with E-state index < -0.39 is 29.0 Å². The van der Waals surface area contributed by atoms with Crippen molar-refractivity contribution in [3.05, 3.63) is 0 Å². The van der Waals surface area contributed by atoms with E-state index in [-0.39, 0.29) is 6.54 Å². The van der Waals surface area contributed by atoms with Crippen molar-refractivity contribution >= 4 is 4.60 Å². The van der Waals surface area contributed by atoms with Gasteiger partial charge in [-0.15, -0.1) is 0 Å². The molecule has 0 amide bonds. The normalized spacial score (nSPS) is 20.5. The van der Waals surface area contributed by atoms with E-state index >= 15 is 0 Å². The van der Waals surface area contributed by atoms with Gasteiger partial charge in [0, 0.05) is 0 Å². The third-order valence-electron chi connectivity index (χ3n) is 1.55. The van der Waals surface area contributed by atoms with Gasteiger partial charge in [0.2, 0.25) is 0 Å². The number of hydrogen-bond acceptors (Lipinski definition) is 6. The fourth-order valence-electron chi connectivity index (χ4n) is 0.691. The fraction of sp³-hybridized carbons (Fsp3) is 0.833. The first-order valence-corrected chi connectivity index (χ1v) is 4.09. The average molecular weight is 235 g/mol. The average Bonchev–Trinajstić information content (AvgIpc) is 2.12. The standard InChI is InChI=1S/C6H13NO5.Fe/c7-1-3(9)5(11)6(12)4(10)2-8;/h3-6,8-12H,1,7H2;. The molecule has 13 heavy (non-hydrogen) atoms. The van der Waals surface area contributed by atoms with Crippen LogP contribution in [0.5, 0.6) is 0 Å². The van der Waals surface area contributed by atoms with Crippen molar-refractivity contribution in [2.45, 2.75) is 24.4 Å². The van der Waals surface area contributed by atoms with E-state index in [4.69, 9.17) is 31.3 Å². The summed E-state index contributed by atoms with van der Waals surface area (Å²) >= 11 is 2.97. The SMILES string of the molecule is NCC(O)C(O)C(O)C(O)[C](O)=[Fe]. The van der Waals surface area contributed by atoms with Crippen LogP contribution in [0, 0.1) is 0 Å². The van der Waals surface area contributed by atoms with Crippen molar-refractivity contribution in [1.29, 1.82) is 0 Å². The summed E-state index contributed by atoms with van der Waals surface area (Å²) < 4.78 is -0.684. The van der Waals surface area contributed by atoms with Crippen molar-refractivity contribution in [1.82, 2.24) is 0 Å². The van der Waals surface area contributed by atoms with Crippen LogP contribution in [0.4, 0.5) is 0 Å². The Balaban J connectivity index is 4.24. The van der Waals surface area contributed by atoms with Gasteiger partial charge in [-0.1, -0.05) is 0 Å². The number of rotatable bonds is 5. The monoisotopic (exact) mass is 235 g/mol. The molecule has 0 rings (SSSR count). The Hall–Kier alpha value is 0.149. The minimum absolute atomic E-state index is 0.261. The molecule has 80 valence electrons. The van der Waals surface area contributed by atoms with Crippen LogP contribution in [0.2, 0.25) is 0 Å². The Morgan fingerprint density at radius 1 is 1.15 bits per heavy atom. The summed E-state index contributed by atoms with van der Waals surface area (Å²) in [6, 6.07) is 0. The molecule has 0 aromatic rings. The van der Waals surface area contributed by atoms with Crippen LogP contribution < -0.4 is 5.73 Å². The summed E-state index contributed by atoms with van der Waals surface area (Å²) in [5.41, 5.74) is 5.00. The van der Waals surface area contributed by atoms with Gasteiger partial charge in [-0.3, -0.25) is 0 Å². The van der Waals surface area contributed by atoms with Crippen LogP contribution in [0.1, 0.15) is 0 Å². The molecule has 0 radical (unpaired) electrons. The Morgan fingerprint density at radius 2 is 1.62 bits per heavy atom. The van der Waals surface area contributed by atoms with E-state index in [0.29, 0.717) is 0 Å². The number of aliphatic hydroxyl groups excluding tert-OH is 5. The van der Waals surface area contributed by atoms with Crippen molar-refractivity contribution < 1.29 is 41.1 Å². The van der Waals surface area contributed by atoms with Crippen molar-refractivity contribution in [2.24, 2.45) is 5.73 Å². The number of nitrogens with two attached hydrogens (primary N) is 1. The molecule has 0 heterocycles. The molecule has 0 saturated heterocycles. The molecular weight excluding hydrogens is 222 g/mol. The number of aliphatic hydroxyl groups is 5. The molecule has 4 unspecified atom stereocenters. The first-order valence-electron chi connectivity index (χ1n) is 3.54. The zero-order chi connectivity index (χ0) is 10.6. The van der Waals surface area contributed by atoms with Gasteiger partial charge in [0.15, 0.2) is 0 Å². The summed E-state index contributed by atoms with van der Waals surface area (Å²) in [6.45, 7) is -0.261. The maximum absolute atomic E-state index is 9.12. The first-order chi connectivity index (χ1) is 5.91. The minimum atomic E-state index is -1.71. The van der Waals surface area contributed by atoms with Gasteiger partial charge in [-0.25, -0.2) is 0 Å². The molecule has 0 aliphatic rings. The molecular formula is C6H13FeNO5. The molecule has 0 bridgehead atoms. The molecule has 0 aromatic carbocycles. The van der Waals surface area contributed by atoms with Crippen LogP contribution in [0.25, 0.3) is 0 Å². The fourth-order valence-corrected chi connectivity index (χ4v) is 0.879. The molecule has 7 heteroatoms. The van der Waals surface area contributed by atoms with E-state index in [9.17, 15) is 0 Å². The second-order valence-corrected chi connectivity index (χ2v) is 3.10. The number of hydrogen-bond donors (Lipinski definition) is 6. The van der Waals surface area contributed by atoms with Crippen LogP contribution in [0.15, 0.2) is 0 Å². The summed E-state index contributed by atoms with van der Waals surface area (Å²) in [7, 11) is 0. The Kier molecular flexibility index (Phi) is 5.86. The zero-order valence-electron chi connectivity index (χ0n) is 6.68. The second-order valence-electron chi connectivity index (χ2n) is 2.54. The van der Waals surface area contributed by atoms with Crippen LogP contribution >= 0.6 is 0 Å². The van der Waals surface area contributed by atoms with Crippen molar-refractivity contribution in [3.8, 4) is 0 Å². The maximum atomic E-state index is 9.12. The van der Waals surface area contributed by atoms with Gasteiger partial charge < -0.3 is 0 Å². The predicted molar refractivity (Wildman–Crippen MR) is 40.0 cm³/mol. The van der Waals surface area contributed by atoms with Gasteiger partial charge in [0.05, 0.1) is 0 Å². The van der Waals surface area contributed by atoms with E-state index in [1.165, 1.54) is 0 Å². The second kappa shape index (κ2) is 5.79. The Morgan fingerprint density at radius 3 is 1.92 bits per heavy atom. The van der Waals surface area contributed by atoms with Crippen LogP contribution in [-0.2, 0) is 15.6 Å². The van der Waals surface area contributed by atoms with Crippen LogP contribution in [0.3, 0.4) is 0 Å². The van der Waals surface area contributed by atoms with Gasteiger partial charge in [-0.2, -0.15) is 0 Å². The first kappa shape index (κ1) is 13.1. The Labute approximate surface area is 83.0 Å². The topological polar surface area (TPSA) is 127 Å².